The van der Waals surface area contributed by atoms with E-state index in [0.29, 0.717) is 18.4 Å². The van der Waals surface area contributed by atoms with Gasteiger partial charge >= 0.3 is 0 Å². The molecule has 146 valence electrons. The maximum atomic E-state index is 5.63. The Balaban J connectivity index is 1.62. The molecule has 5 nitrogen and oxygen atoms in total. The summed E-state index contributed by atoms with van der Waals surface area (Å²) in [6, 6.07) is 21.2. The number of aliphatic imine (C=N–C) groups is 1. The minimum absolute atomic E-state index is 0.341. The second-order valence-electron chi connectivity index (χ2n) is 6.85. The molecule has 1 aromatic heterocycles. The van der Waals surface area contributed by atoms with E-state index in [2.05, 4.69) is 81.3 Å². The highest BCUT2D eigenvalue weighted by molar-refractivity contribution is 5.79. The van der Waals surface area contributed by atoms with Gasteiger partial charge in [0.2, 0.25) is 5.89 Å². The second-order valence-corrected chi connectivity index (χ2v) is 6.85. The van der Waals surface area contributed by atoms with E-state index < -0.39 is 0 Å². The Morgan fingerprint density at radius 2 is 1.68 bits per heavy atom. The highest BCUT2D eigenvalue weighted by atomic mass is 16.4. The van der Waals surface area contributed by atoms with E-state index in [0.717, 1.165) is 30.4 Å². The van der Waals surface area contributed by atoms with Gasteiger partial charge in [-0.15, -0.1) is 0 Å². The molecule has 2 aromatic carbocycles. The number of hydrogen-bond donors (Lipinski definition) is 2. The summed E-state index contributed by atoms with van der Waals surface area (Å²) in [7, 11) is 1.77. The molecule has 3 rings (SSSR count). The van der Waals surface area contributed by atoms with Crippen LogP contribution in [-0.4, -0.2) is 24.5 Å². The normalized spacial score (nSPS) is 12.6. The van der Waals surface area contributed by atoms with Gasteiger partial charge in [0, 0.05) is 19.5 Å². The molecule has 1 unspecified atom stereocenters. The molecule has 0 aliphatic heterocycles. The fraction of sp³-hybridized carbons (Fsp3) is 0.304. The zero-order valence-corrected chi connectivity index (χ0v) is 16.8. The monoisotopic (exact) mass is 376 g/mol. The number of oxazole rings is 1. The van der Waals surface area contributed by atoms with Crippen molar-refractivity contribution in [2.45, 2.75) is 32.7 Å². The lowest BCUT2D eigenvalue weighted by Gasteiger charge is -2.20. The Hall–Kier alpha value is -3.08. The number of nitrogens with one attached hydrogen (secondary N) is 2. The van der Waals surface area contributed by atoms with Crippen LogP contribution < -0.4 is 10.6 Å². The van der Waals surface area contributed by atoms with E-state index in [1.165, 1.54) is 11.1 Å². The molecule has 0 bridgehead atoms. The third-order valence-electron chi connectivity index (χ3n) is 4.82. The predicted molar refractivity (Wildman–Crippen MR) is 114 cm³/mol. The van der Waals surface area contributed by atoms with Gasteiger partial charge in [0.15, 0.2) is 5.96 Å². The number of nitrogens with zero attached hydrogens (tertiary/aromatic N) is 2. The van der Waals surface area contributed by atoms with Crippen LogP contribution in [0.25, 0.3) is 0 Å². The van der Waals surface area contributed by atoms with Crippen molar-refractivity contribution < 1.29 is 4.42 Å². The molecule has 28 heavy (non-hydrogen) atoms. The van der Waals surface area contributed by atoms with Gasteiger partial charge in [-0.2, -0.15) is 0 Å². The number of aromatic nitrogens is 1. The van der Waals surface area contributed by atoms with Crippen LogP contribution in [0.1, 0.15) is 34.4 Å². The van der Waals surface area contributed by atoms with Gasteiger partial charge in [-0.05, 0) is 31.4 Å². The van der Waals surface area contributed by atoms with Gasteiger partial charge in [0.25, 0.3) is 0 Å². The van der Waals surface area contributed by atoms with Crippen LogP contribution in [0, 0.1) is 13.8 Å². The van der Waals surface area contributed by atoms with Crippen LogP contribution in [0.15, 0.2) is 70.1 Å². The summed E-state index contributed by atoms with van der Waals surface area (Å²) in [5.74, 6) is 2.60. The fourth-order valence-electron chi connectivity index (χ4n) is 3.15. The smallest absolute Gasteiger partial charge is 0.214 e. The van der Waals surface area contributed by atoms with E-state index >= 15 is 0 Å². The number of aryl methyl sites for hydroxylation is 2. The highest BCUT2D eigenvalue weighted by Gasteiger charge is 2.14. The van der Waals surface area contributed by atoms with Gasteiger partial charge in [-0.25, -0.2) is 4.98 Å². The number of rotatable bonds is 7. The molecule has 0 aliphatic carbocycles. The molecule has 0 spiro atoms. The van der Waals surface area contributed by atoms with E-state index in [4.69, 9.17) is 4.42 Å². The minimum atomic E-state index is 0.341. The summed E-state index contributed by atoms with van der Waals surface area (Å²) < 4.78 is 5.63. The molecule has 2 N–H and O–H groups in total. The first-order valence-corrected chi connectivity index (χ1v) is 9.62. The van der Waals surface area contributed by atoms with Crippen LogP contribution in [0.5, 0.6) is 0 Å². The molecule has 0 amide bonds. The van der Waals surface area contributed by atoms with Crippen molar-refractivity contribution in [2.75, 3.05) is 13.6 Å². The minimum Gasteiger partial charge on any atom is -0.444 e. The average Bonchev–Trinajstić information content (AvgIpc) is 3.06. The van der Waals surface area contributed by atoms with Gasteiger partial charge in [0.1, 0.15) is 5.76 Å². The molecule has 5 heteroatoms. The van der Waals surface area contributed by atoms with Crippen molar-refractivity contribution >= 4 is 5.96 Å². The van der Waals surface area contributed by atoms with Crippen LogP contribution in [0.3, 0.4) is 0 Å². The Morgan fingerprint density at radius 3 is 2.29 bits per heavy atom. The Kier molecular flexibility index (Phi) is 6.84. The summed E-state index contributed by atoms with van der Waals surface area (Å²) in [6.45, 7) is 5.15. The maximum absolute atomic E-state index is 5.63. The molecule has 0 saturated carbocycles. The molecule has 1 atom stereocenters. The van der Waals surface area contributed by atoms with Crippen molar-refractivity contribution in [3.63, 3.8) is 0 Å². The Bertz CT molecular complexity index is 868. The van der Waals surface area contributed by atoms with Crippen molar-refractivity contribution in [3.8, 4) is 0 Å². The lowest BCUT2D eigenvalue weighted by Crippen LogP contribution is -2.39. The van der Waals surface area contributed by atoms with E-state index in [1.54, 1.807) is 7.05 Å². The lowest BCUT2D eigenvalue weighted by atomic mass is 9.92. The van der Waals surface area contributed by atoms with Gasteiger partial charge in [-0.1, -0.05) is 60.7 Å². The topological polar surface area (TPSA) is 62.5 Å². The lowest BCUT2D eigenvalue weighted by molar-refractivity contribution is 0.463. The SMILES string of the molecule is CN=C(NCc1nc(C)c(C)o1)NCC(Cc1ccccc1)c1ccccc1. The first-order chi connectivity index (χ1) is 13.7. The molecule has 0 fully saturated rings. The van der Waals surface area contributed by atoms with Crippen LogP contribution in [0.4, 0.5) is 0 Å². The summed E-state index contributed by atoms with van der Waals surface area (Å²) in [4.78, 5) is 8.73. The first kappa shape index (κ1) is 19.7. The van der Waals surface area contributed by atoms with Gasteiger partial charge in [-0.3, -0.25) is 4.99 Å². The van der Waals surface area contributed by atoms with Gasteiger partial charge in [0.05, 0.1) is 12.2 Å². The van der Waals surface area contributed by atoms with Crippen molar-refractivity contribution in [1.29, 1.82) is 0 Å². The Morgan fingerprint density at radius 1 is 1.00 bits per heavy atom. The molecular formula is C23H28N4O. The molecule has 0 radical (unpaired) electrons. The molecule has 0 saturated heterocycles. The van der Waals surface area contributed by atoms with Crippen LogP contribution in [0.2, 0.25) is 0 Å². The largest absolute Gasteiger partial charge is 0.444 e. The van der Waals surface area contributed by atoms with Crippen molar-refractivity contribution in [3.05, 3.63) is 89.1 Å². The first-order valence-electron chi connectivity index (χ1n) is 9.62. The Labute approximate surface area is 166 Å². The number of hydrogen-bond acceptors (Lipinski definition) is 3. The quantitative estimate of drug-likeness (QED) is 0.484. The zero-order valence-electron chi connectivity index (χ0n) is 16.8. The van der Waals surface area contributed by atoms with Crippen LogP contribution in [-0.2, 0) is 13.0 Å². The summed E-state index contributed by atoms with van der Waals surface area (Å²) >= 11 is 0. The zero-order chi connectivity index (χ0) is 19.8. The van der Waals surface area contributed by atoms with Crippen LogP contribution >= 0.6 is 0 Å². The summed E-state index contributed by atoms with van der Waals surface area (Å²) in [6.07, 6.45) is 0.965. The third kappa shape index (κ3) is 5.46. The summed E-state index contributed by atoms with van der Waals surface area (Å²) in [5.41, 5.74) is 3.56. The number of guanidine groups is 1. The second kappa shape index (κ2) is 9.74. The fourth-order valence-corrected chi connectivity index (χ4v) is 3.15. The van der Waals surface area contributed by atoms with E-state index in [9.17, 15) is 0 Å². The molecule has 1 heterocycles. The maximum Gasteiger partial charge on any atom is 0.214 e. The third-order valence-corrected chi connectivity index (χ3v) is 4.82. The summed E-state index contributed by atoms with van der Waals surface area (Å²) in [5, 5.41) is 6.73. The average molecular weight is 377 g/mol. The number of benzene rings is 2. The van der Waals surface area contributed by atoms with E-state index in [-0.39, 0.29) is 0 Å². The molecule has 0 aliphatic rings. The van der Waals surface area contributed by atoms with E-state index in [1.807, 2.05) is 13.8 Å². The standard InChI is InChI=1S/C23H28N4O/c1-17-18(2)28-22(27-17)16-26-23(24-3)25-15-21(20-12-8-5-9-13-20)14-19-10-6-4-7-11-19/h4-13,21H,14-16H2,1-3H3,(H2,24,25,26). The highest BCUT2D eigenvalue weighted by Crippen LogP contribution is 2.20. The van der Waals surface area contributed by atoms with Gasteiger partial charge < -0.3 is 15.1 Å². The van der Waals surface area contributed by atoms with Crippen molar-refractivity contribution in [1.82, 2.24) is 15.6 Å². The molecule has 3 aromatic rings. The van der Waals surface area contributed by atoms with Crippen molar-refractivity contribution in [2.24, 2.45) is 4.99 Å². The predicted octanol–water partition coefficient (Wildman–Crippen LogP) is 3.98. The molecular weight excluding hydrogens is 348 g/mol.